The molecule has 5 atom stereocenters. The second kappa shape index (κ2) is 5.16. The van der Waals surface area contributed by atoms with Gasteiger partial charge in [0.25, 0.3) is 0 Å². The van der Waals surface area contributed by atoms with E-state index in [9.17, 15) is 9.90 Å². The van der Waals surface area contributed by atoms with Crippen molar-refractivity contribution >= 4 is 17.7 Å². The fraction of sp³-hybridized carbons (Fsp3) is 0.917. The number of β-lactam (4-membered cyclic amide) rings is 1. The Kier molecular flexibility index (Phi) is 4.00. The number of amides is 1. The SMILES string of the molecule is CCCOCC1S[C@@H]2[C@@H]([C@@H](C)O)C(=O)N2C1C. The molecule has 98 valence electrons. The molecule has 1 amide bonds. The van der Waals surface area contributed by atoms with Crippen molar-refractivity contribution in [2.45, 2.75) is 50.0 Å². The van der Waals surface area contributed by atoms with Crippen molar-refractivity contribution in [2.75, 3.05) is 13.2 Å². The molecule has 0 saturated carbocycles. The zero-order chi connectivity index (χ0) is 12.6. The maximum atomic E-state index is 11.9. The summed E-state index contributed by atoms with van der Waals surface area (Å²) >= 11 is 1.78. The summed E-state index contributed by atoms with van der Waals surface area (Å²) in [6.07, 6.45) is 0.479. The van der Waals surface area contributed by atoms with Crippen LogP contribution in [0.2, 0.25) is 0 Å². The van der Waals surface area contributed by atoms with E-state index in [1.54, 1.807) is 18.7 Å². The summed E-state index contributed by atoms with van der Waals surface area (Å²) in [6.45, 7) is 7.34. The quantitative estimate of drug-likeness (QED) is 0.593. The average molecular weight is 259 g/mol. The number of aliphatic hydroxyl groups excluding tert-OH is 1. The number of ether oxygens (including phenoxy) is 1. The van der Waals surface area contributed by atoms with E-state index in [0.717, 1.165) is 13.0 Å². The third-order valence-electron chi connectivity index (χ3n) is 3.56. The molecule has 0 spiro atoms. The number of carbonyl (C=O) groups excluding carboxylic acids is 1. The standard InChI is InChI=1S/C12H21NO3S/c1-4-5-16-6-9-7(2)13-11(15)10(8(3)14)12(13)17-9/h7-10,12,14H,4-6H2,1-3H3/t7?,8-,9?,10+,12-/m1/s1. The van der Waals surface area contributed by atoms with Gasteiger partial charge in [0, 0.05) is 12.6 Å². The molecule has 4 nitrogen and oxygen atoms in total. The number of rotatable bonds is 5. The lowest BCUT2D eigenvalue weighted by molar-refractivity contribution is -0.158. The molecule has 2 fully saturated rings. The van der Waals surface area contributed by atoms with Gasteiger partial charge in [-0.05, 0) is 20.3 Å². The van der Waals surface area contributed by atoms with Crippen LogP contribution in [0.1, 0.15) is 27.2 Å². The summed E-state index contributed by atoms with van der Waals surface area (Å²) in [7, 11) is 0. The van der Waals surface area contributed by atoms with E-state index in [1.165, 1.54) is 0 Å². The maximum absolute atomic E-state index is 11.9. The minimum Gasteiger partial charge on any atom is -0.392 e. The van der Waals surface area contributed by atoms with E-state index in [1.807, 2.05) is 4.90 Å². The normalized spacial score (nSPS) is 37.9. The van der Waals surface area contributed by atoms with E-state index in [0.29, 0.717) is 11.9 Å². The van der Waals surface area contributed by atoms with Gasteiger partial charge in [0.1, 0.15) is 0 Å². The van der Waals surface area contributed by atoms with Crippen molar-refractivity contribution in [3.8, 4) is 0 Å². The molecule has 0 aromatic carbocycles. The van der Waals surface area contributed by atoms with E-state index >= 15 is 0 Å². The molecule has 2 rings (SSSR count). The molecule has 2 saturated heterocycles. The van der Waals surface area contributed by atoms with Crippen LogP contribution < -0.4 is 0 Å². The van der Waals surface area contributed by atoms with Gasteiger partial charge in [-0.15, -0.1) is 11.8 Å². The van der Waals surface area contributed by atoms with Crippen LogP contribution in [0.25, 0.3) is 0 Å². The maximum Gasteiger partial charge on any atom is 0.232 e. The Morgan fingerprint density at radius 3 is 2.88 bits per heavy atom. The first-order chi connectivity index (χ1) is 8.07. The lowest BCUT2D eigenvalue weighted by atomic mass is 9.91. The number of nitrogens with zero attached hydrogens (tertiary/aromatic N) is 1. The van der Waals surface area contributed by atoms with E-state index in [-0.39, 0.29) is 23.2 Å². The highest BCUT2D eigenvalue weighted by Gasteiger charge is 2.58. The van der Waals surface area contributed by atoms with E-state index < -0.39 is 6.10 Å². The van der Waals surface area contributed by atoms with Crippen molar-refractivity contribution in [3.05, 3.63) is 0 Å². The van der Waals surface area contributed by atoms with Gasteiger partial charge in [0.2, 0.25) is 5.91 Å². The molecular weight excluding hydrogens is 238 g/mol. The number of hydrogen-bond acceptors (Lipinski definition) is 4. The third kappa shape index (κ3) is 2.20. The average Bonchev–Trinajstić information content (AvgIpc) is 2.51. The molecule has 2 heterocycles. The van der Waals surface area contributed by atoms with Gasteiger partial charge in [-0.3, -0.25) is 4.79 Å². The highest BCUT2D eigenvalue weighted by atomic mass is 32.2. The van der Waals surface area contributed by atoms with Gasteiger partial charge < -0.3 is 14.7 Å². The molecule has 0 radical (unpaired) electrons. The molecular formula is C12H21NO3S. The Morgan fingerprint density at radius 1 is 1.59 bits per heavy atom. The van der Waals surface area contributed by atoms with Crippen LogP contribution in [0, 0.1) is 5.92 Å². The number of hydrogen-bond donors (Lipinski definition) is 1. The van der Waals surface area contributed by atoms with Crippen molar-refractivity contribution in [3.63, 3.8) is 0 Å². The molecule has 0 bridgehead atoms. The third-order valence-corrected chi connectivity index (χ3v) is 5.24. The summed E-state index contributed by atoms with van der Waals surface area (Å²) < 4.78 is 5.57. The van der Waals surface area contributed by atoms with Gasteiger partial charge >= 0.3 is 0 Å². The number of aliphatic hydroxyl groups is 1. The summed E-state index contributed by atoms with van der Waals surface area (Å²) in [5.74, 6) is -0.110. The first-order valence-electron chi connectivity index (χ1n) is 6.31. The summed E-state index contributed by atoms with van der Waals surface area (Å²) in [4.78, 5) is 13.8. The highest BCUT2D eigenvalue weighted by Crippen LogP contribution is 2.48. The topological polar surface area (TPSA) is 49.8 Å². The predicted octanol–water partition coefficient (Wildman–Crippen LogP) is 1.08. The molecule has 2 aliphatic heterocycles. The Labute approximate surface area is 107 Å². The first-order valence-corrected chi connectivity index (χ1v) is 7.25. The van der Waals surface area contributed by atoms with Crippen molar-refractivity contribution in [2.24, 2.45) is 5.92 Å². The largest absolute Gasteiger partial charge is 0.392 e. The lowest BCUT2D eigenvalue weighted by Crippen LogP contribution is -2.62. The summed E-state index contributed by atoms with van der Waals surface area (Å²) in [6, 6.07) is 0.226. The number of thioether (sulfide) groups is 1. The Balaban J connectivity index is 1.92. The van der Waals surface area contributed by atoms with Gasteiger partial charge in [-0.25, -0.2) is 0 Å². The van der Waals surface area contributed by atoms with E-state index in [4.69, 9.17) is 4.74 Å². The summed E-state index contributed by atoms with van der Waals surface area (Å²) in [5.41, 5.74) is 0. The molecule has 0 aromatic rings. The van der Waals surface area contributed by atoms with E-state index in [2.05, 4.69) is 13.8 Å². The second-order valence-corrected chi connectivity index (χ2v) is 6.25. The second-order valence-electron chi connectivity index (χ2n) is 4.89. The summed E-state index contributed by atoms with van der Waals surface area (Å²) in [5, 5.41) is 10.1. The van der Waals surface area contributed by atoms with Crippen LogP contribution in [0.15, 0.2) is 0 Å². The van der Waals surface area contributed by atoms with Crippen molar-refractivity contribution in [1.82, 2.24) is 4.90 Å². The van der Waals surface area contributed by atoms with Crippen LogP contribution in [0.5, 0.6) is 0 Å². The number of carbonyl (C=O) groups is 1. The molecule has 0 aromatic heterocycles. The predicted molar refractivity (Wildman–Crippen MR) is 67.8 cm³/mol. The lowest BCUT2D eigenvalue weighted by Gasteiger charge is -2.45. The zero-order valence-corrected chi connectivity index (χ0v) is 11.4. The molecule has 0 aliphatic carbocycles. The molecule has 2 aliphatic rings. The van der Waals surface area contributed by atoms with Gasteiger partial charge in [-0.1, -0.05) is 6.92 Å². The van der Waals surface area contributed by atoms with Crippen molar-refractivity contribution < 1.29 is 14.6 Å². The Hall–Kier alpha value is -0.260. The molecule has 1 N–H and O–H groups in total. The monoisotopic (exact) mass is 259 g/mol. The van der Waals surface area contributed by atoms with Gasteiger partial charge in [0.15, 0.2) is 0 Å². The highest BCUT2D eigenvalue weighted by molar-refractivity contribution is 8.01. The minimum absolute atomic E-state index is 0.1000. The van der Waals surface area contributed by atoms with Crippen LogP contribution >= 0.6 is 11.8 Å². The number of fused-ring (bicyclic) bond motifs is 1. The Bertz CT molecular complexity index is 297. The van der Waals surface area contributed by atoms with Crippen LogP contribution in [-0.4, -0.2) is 51.9 Å². The first kappa shape index (κ1) is 13.2. The van der Waals surface area contributed by atoms with Crippen LogP contribution in [-0.2, 0) is 9.53 Å². The fourth-order valence-corrected chi connectivity index (χ4v) is 4.36. The Morgan fingerprint density at radius 2 is 2.29 bits per heavy atom. The van der Waals surface area contributed by atoms with Gasteiger partial charge in [-0.2, -0.15) is 0 Å². The van der Waals surface area contributed by atoms with Gasteiger partial charge in [0.05, 0.1) is 29.3 Å². The molecule has 5 heteroatoms. The minimum atomic E-state index is -0.543. The molecule has 17 heavy (non-hydrogen) atoms. The van der Waals surface area contributed by atoms with Crippen LogP contribution in [0.4, 0.5) is 0 Å². The van der Waals surface area contributed by atoms with Crippen LogP contribution in [0.3, 0.4) is 0 Å². The smallest absolute Gasteiger partial charge is 0.232 e. The molecule has 2 unspecified atom stereocenters. The fourth-order valence-electron chi connectivity index (χ4n) is 2.53. The zero-order valence-electron chi connectivity index (χ0n) is 10.6. The van der Waals surface area contributed by atoms with Crippen molar-refractivity contribution in [1.29, 1.82) is 0 Å².